The number of carbonyl (C=O) groups is 1. The number of methoxy groups -OCH3 is 1. The van der Waals surface area contributed by atoms with E-state index in [1.807, 2.05) is 13.8 Å². The zero-order chi connectivity index (χ0) is 21.2. The number of benzene rings is 1. The Morgan fingerprint density at radius 1 is 1.24 bits per heavy atom. The first-order chi connectivity index (χ1) is 13.5. The predicted octanol–water partition coefficient (Wildman–Crippen LogP) is 3.68. The van der Waals surface area contributed by atoms with Gasteiger partial charge in [-0.1, -0.05) is 20.8 Å². The molecule has 6 heteroatoms. The molecule has 2 N–H and O–H groups in total. The molecule has 6 atom stereocenters. The maximum Gasteiger partial charge on any atom is 0.338 e. The number of esters is 1. The molecular weight excluding hydrogens is 372 g/mol. The van der Waals surface area contributed by atoms with Gasteiger partial charge in [0.1, 0.15) is 6.10 Å². The molecule has 0 unspecified atom stereocenters. The minimum atomic E-state index is -0.880. The largest absolute Gasteiger partial charge is 0.504 e. The number of rotatable bonds is 4. The highest BCUT2D eigenvalue weighted by molar-refractivity contribution is 5.90. The molecular formula is C23H32O6. The van der Waals surface area contributed by atoms with Gasteiger partial charge in [0.05, 0.1) is 30.0 Å². The van der Waals surface area contributed by atoms with Gasteiger partial charge in [0.25, 0.3) is 0 Å². The number of carbonyl (C=O) groups excluding carboxylic acids is 1. The maximum atomic E-state index is 13.0. The second-order valence-corrected chi connectivity index (χ2v) is 9.94. The number of aromatic hydroxyl groups is 1. The van der Waals surface area contributed by atoms with E-state index in [1.54, 1.807) is 12.1 Å². The summed E-state index contributed by atoms with van der Waals surface area (Å²) in [6.07, 6.45) is 2.73. The Bertz CT molecular complexity index is 822. The van der Waals surface area contributed by atoms with Crippen LogP contribution in [0.5, 0.6) is 11.5 Å². The van der Waals surface area contributed by atoms with E-state index >= 15 is 0 Å². The van der Waals surface area contributed by atoms with E-state index in [0.717, 1.165) is 12.8 Å². The summed E-state index contributed by atoms with van der Waals surface area (Å²) >= 11 is 0. The molecule has 3 fully saturated rings. The minimum absolute atomic E-state index is 0.0590. The molecule has 29 heavy (non-hydrogen) atoms. The number of phenolic OH excluding ortho intramolecular Hbond substituents is 1. The second kappa shape index (κ2) is 6.61. The molecule has 0 bridgehead atoms. The van der Waals surface area contributed by atoms with Crippen LogP contribution in [0.1, 0.15) is 63.7 Å². The van der Waals surface area contributed by atoms with Crippen LogP contribution in [-0.4, -0.2) is 46.7 Å². The van der Waals surface area contributed by atoms with Gasteiger partial charge in [-0.15, -0.1) is 0 Å². The van der Waals surface area contributed by atoms with E-state index in [0.29, 0.717) is 18.6 Å². The third-order valence-corrected chi connectivity index (χ3v) is 7.72. The lowest BCUT2D eigenvalue weighted by molar-refractivity contribution is -0.120. The second-order valence-electron chi connectivity index (χ2n) is 9.94. The molecule has 0 radical (unpaired) electrons. The number of hydrogen-bond donors (Lipinski definition) is 2. The van der Waals surface area contributed by atoms with Crippen molar-refractivity contribution in [3.63, 3.8) is 0 Å². The fraction of sp³-hybridized carbons (Fsp3) is 0.696. The van der Waals surface area contributed by atoms with E-state index < -0.39 is 17.7 Å². The Hall–Kier alpha value is -1.79. The summed E-state index contributed by atoms with van der Waals surface area (Å²) in [5.41, 5.74) is -1.07. The van der Waals surface area contributed by atoms with Crippen molar-refractivity contribution in [1.29, 1.82) is 0 Å². The Morgan fingerprint density at radius 2 is 1.97 bits per heavy atom. The van der Waals surface area contributed by atoms with Crippen LogP contribution in [0.2, 0.25) is 0 Å². The lowest BCUT2D eigenvalue weighted by Crippen LogP contribution is -2.50. The van der Waals surface area contributed by atoms with Crippen molar-refractivity contribution < 1.29 is 29.2 Å². The molecule has 160 valence electrons. The number of phenols is 1. The summed E-state index contributed by atoms with van der Waals surface area (Å²) in [5.74, 6) is -0.404. The number of aliphatic hydroxyl groups is 1. The SMILES string of the molecule is COc1ccc(C(=O)O[C@@H]2C[C@@]3(C)O[C@@H]3C[C@]3(C)CC[C@@](O)(C(C)C)[C@@H]23)cc1O. The molecule has 3 aliphatic rings. The molecule has 2 aliphatic carbocycles. The maximum absolute atomic E-state index is 13.0. The number of ether oxygens (including phenoxy) is 3. The zero-order valence-electron chi connectivity index (χ0n) is 17.9. The van der Waals surface area contributed by atoms with Crippen LogP contribution in [0.3, 0.4) is 0 Å². The highest BCUT2D eigenvalue weighted by Crippen LogP contribution is 2.63. The third-order valence-electron chi connectivity index (χ3n) is 7.72. The van der Waals surface area contributed by atoms with E-state index in [4.69, 9.17) is 14.2 Å². The molecule has 2 saturated carbocycles. The smallest absolute Gasteiger partial charge is 0.338 e. The lowest BCUT2D eigenvalue weighted by Gasteiger charge is -2.44. The van der Waals surface area contributed by atoms with E-state index in [9.17, 15) is 15.0 Å². The first-order valence-corrected chi connectivity index (χ1v) is 10.5. The van der Waals surface area contributed by atoms with Crippen LogP contribution < -0.4 is 4.74 Å². The molecule has 6 nitrogen and oxygen atoms in total. The van der Waals surface area contributed by atoms with Crippen LogP contribution >= 0.6 is 0 Å². The molecule has 0 amide bonds. The quantitative estimate of drug-likeness (QED) is 0.588. The summed E-state index contributed by atoms with van der Waals surface area (Å²) < 4.78 is 17.1. The standard InChI is InChI=1S/C23H32O6/c1-13(2)23(26)9-8-21(3)12-18-22(4,29-18)11-17(19(21)23)28-20(25)14-6-7-16(27-5)15(24)10-14/h6-7,10,13,17-19,24,26H,8-9,11-12H2,1-5H3/t17-,18-,19+,21+,22-,23-/m1/s1. The van der Waals surface area contributed by atoms with Crippen molar-refractivity contribution in [2.45, 2.75) is 76.8 Å². The third kappa shape index (κ3) is 3.21. The van der Waals surface area contributed by atoms with Gasteiger partial charge in [-0.3, -0.25) is 0 Å². The zero-order valence-corrected chi connectivity index (χ0v) is 17.9. The fourth-order valence-corrected chi connectivity index (χ4v) is 5.85. The number of epoxide rings is 1. The Kier molecular flexibility index (Phi) is 4.67. The molecule has 1 aromatic carbocycles. The first kappa shape index (κ1) is 20.5. The van der Waals surface area contributed by atoms with Crippen LogP contribution in [0.4, 0.5) is 0 Å². The van der Waals surface area contributed by atoms with Gasteiger partial charge >= 0.3 is 5.97 Å². The summed E-state index contributed by atoms with van der Waals surface area (Å²) in [6, 6.07) is 4.49. The van der Waals surface area contributed by atoms with Crippen LogP contribution in [0.15, 0.2) is 18.2 Å². The average Bonchev–Trinajstić information content (AvgIpc) is 3.18. The van der Waals surface area contributed by atoms with Gasteiger partial charge in [0.15, 0.2) is 11.5 Å². The van der Waals surface area contributed by atoms with E-state index in [1.165, 1.54) is 13.2 Å². The average molecular weight is 405 g/mol. The molecule has 1 saturated heterocycles. The van der Waals surface area contributed by atoms with E-state index in [-0.39, 0.29) is 40.3 Å². The van der Waals surface area contributed by atoms with Crippen LogP contribution in [0.25, 0.3) is 0 Å². The van der Waals surface area contributed by atoms with Gasteiger partial charge < -0.3 is 24.4 Å². The molecule has 0 spiro atoms. The molecule has 1 aromatic rings. The number of hydrogen-bond acceptors (Lipinski definition) is 6. The van der Waals surface area contributed by atoms with Crippen molar-refractivity contribution in [3.05, 3.63) is 23.8 Å². The monoisotopic (exact) mass is 404 g/mol. The number of fused-ring (bicyclic) bond motifs is 2. The minimum Gasteiger partial charge on any atom is -0.504 e. The van der Waals surface area contributed by atoms with Crippen molar-refractivity contribution >= 4 is 5.97 Å². The fourth-order valence-electron chi connectivity index (χ4n) is 5.85. The summed E-state index contributed by atoms with van der Waals surface area (Å²) in [6.45, 7) is 8.34. The topological polar surface area (TPSA) is 88.5 Å². The summed E-state index contributed by atoms with van der Waals surface area (Å²) in [5, 5.41) is 21.7. The molecule has 1 aliphatic heterocycles. The first-order valence-electron chi connectivity index (χ1n) is 10.5. The van der Waals surface area contributed by atoms with Gasteiger partial charge in [-0.2, -0.15) is 0 Å². The van der Waals surface area contributed by atoms with Crippen molar-refractivity contribution in [3.8, 4) is 11.5 Å². The Labute approximate surface area is 172 Å². The Morgan fingerprint density at radius 3 is 2.59 bits per heavy atom. The van der Waals surface area contributed by atoms with Gasteiger partial charge in [-0.05, 0) is 55.7 Å². The van der Waals surface area contributed by atoms with Crippen molar-refractivity contribution in [2.24, 2.45) is 17.3 Å². The van der Waals surface area contributed by atoms with E-state index in [2.05, 4.69) is 13.8 Å². The normalized spacial score (nSPS) is 40.7. The summed E-state index contributed by atoms with van der Waals surface area (Å²) in [4.78, 5) is 13.0. The predicted molar refractivity (Wildman–Crippen MR) is 107 cm³/mol. The molecule has 0 aromatic heterocycles. The van der Waals surface area contributed by atoms with Gasteiger partial charge in [0.2, 0.25) is 0 Å². The molecule has 4 rings (SSSR count). The van der Waals surface area contributed by atoms with Crippen LogP contribution in [0, 0.1) is 17.3 Å². The lowest BCUT2D eigenvalue weighted by atomic mass is 9.67. The van der Waals surface area contributed by atoms with Crippen LogP contribution in [-0.2, 0) is 9.47 Å². The Balaban J connectivity index is 1.66. The highest BCUT2D eigenvalue weighted by atomic mass is 16.6. The van der Waals surface area contributed by atoms with Crippen molar-refractivity contribution in [1.82, 2.24) is 0 Å². The van der Waals surface area contributed by atoms with Gasteiger partial charge in [-0.25, -0.2) is 4.79 Å². The summed E-state index contributed by atoms with van der Waals surface area (Å²) in [7, 11) is 1.46. The van der Waals surface area contributed by atoms with Gasteiger partial charge in [0, 0.05) is 12.3 Å². The molecule has 1 heterocycles. The van der Waals surface area contributed by atoms with Crippen molar-refractivity contribution in [2.75, 3.05) is 7.11 Å². The highest BCUT2D eigenvalue weighted by Gasteiger charge is 2.68.